The molecule has 0 atom stereocenters. The highest BCUT2D eigenvalue weighted by Gasteiger charge is 2.16. The molecule has 6 N–H and O–H groups in total. The number of anilines is 3. The van der Waals surface area contributed by atoms with Crippen LogP contribution >= 0.6 is 0 Å². The highest BCUT2D eigenvalue weighted by Crippen LogP contribution is 2.25. The summed E-state index contributed by atoms with van der Waals surface area (Å²) in [6.45, 7) is 1.88. The summed E-state index contributed by atoms with van der Waals surface area (Å²) >= 11 is 0. The molecule has 1 heterocycles. The molecular formula is C21H25N5O3. The van der Waals surface area contributed by atoms with E-state index in [4.69, 9.17) is 11.5 Å². The zero-order chi connectivity index (χ0) is 20.8. The van der Waals surface area contributed by atoms with Crippen molar-refractivity contribution in [3.8, 4) is 0 Å². The predicted molar refractivity (Wildman–Crippen MR) is 113 cm³/mol. The maximum absolute atomic E-state index is 12.2. The fraction of sp³-hybridized carbons (Fsp3) is 0.286. The van der Waals surface area contributed by atoms with Crippen LogP contribution in [0.3, 0.4) is 0 Å². The van der Waals surface area contributed by atoms with Gasteiger partial charge >= 0.3 is 0 Å². The number of amides is 3. The van der Waals surface area contributed by atoms with Crippen molar-refractivity contribution in [2.75, 3.05) is 35.2 Å². The number of hydrogen-bond acceptors (Lipinski definition) is 5. The molecule has 0 aliphatic carbocycles. The van der Waals surface area contributed by atoms with Gasteiger partial charge in [-0.1, -0.05) is 0 Å². The lowest BCUT2D eigenvalue weighted by molar-refractivity contribution is -0.114. The SMILES string of the molecule is NC(=O)c1ccc(NC(=O)CNc2ccc(N3CCCCC3)cc2C(N)=O)cc1. The molecule has 0 spiro atoms. The smallest absolute Gasteiger partial charge is 0.250 e. The van der Waals surface area contributed by atoms with E-state index >= 15 is 0 Å². The van der Waals surface area contributed by atoms with Crippen LogP contribution in [0.15, 0.2) is 42.5 Å². The van der Waals surface area contributed by atoms with Crippen LogP contribution in [0.5, 0.6) is 0 Å². The number of nitrogens with two attached hydrogens (primary N) is 2. The van der Waals surface area contributed by atoms with Gasteiger partial charge in [0.25, 0.3) is 5.91 Å². The van der Waals surface area contributed by atoms with Gasteiger partial charge in [-0.25, -0.2) is 0 Å². The van der Waals surface area contributed by atoms with E-state index in [1.165, 1.54) is 18.6 Å². The van der Waals surface area contributed by atoms with Crippen molar-refractivity contribution in [1.82, 2.24) is 0 Å². The third-order valence-electron chi connectivity index (χ3n) is 4.88. The highest BCUT2D eigenvalue weighted by molar-refractivity contribution is 6.01. The summed E-state index contributed by atoms with van der Waals surface area (Å²) in [5.74, 6) is -1.38. The molecule has 152 valence electrons. The first kappa shape index (κ1) is 20.2. The van der Waals surface area contributed by atoms with Crippen LogP contribution in [0, 0.1) is 0 Å². The maximum atomic E-state index is 12.2. The van der Waals surface area contributed by atoms with E-state index in [0.29, 0.717) is 22.5 Å². The Hall–Kier alpha value is -3.55. The molecule has 2 aromatic rings. The Labute approximate surface area is 169 Å². The van der Waals surface area contributed by atoms with E-state index in [2.05, 4.69) is 15.5 Å². The second-order valence-corrected chi connectivity index (χ2v) is 6.99. The van der Waals surface area contributed by atoms with Gasteiger partial charge in [0.1, 0.15) is 0 Å². The summed E-state index contributed by atoms with van der Waals surface area (Å²) in [4.78, 5) is 37.4. The summed E-state index contributed by atoms with van der Waals surface area (Å²) in [5.41, 5.74) is 13.5. The minimum absolute atomic E-state index is 0.0408. The van der Waals surface area contributed by atoms with E-state index in [-0.39, 0.29) is 12.5 Å². The highest BCUT2D eigenvalue weighted by atomic mass is 16.2. The standard InChI is InChI=1S/C21H25N5O3/c22-20(28)14-4-6-15(7-5-14)25-19(27)13-24-18-9-8-16(12-17(18)21(23)29)26-10-2-1-3-11-26/h4-9,12,24H,1-3,10-11,13H2,(H2,22,28)(H2,23,29)(H,25,27). The molecule has 3 amide bonds. The summed E-state index contributed by atoms with van der Waals surface area (Å²) in [6, 6.07) is 11.8. The minimum atomic E-state index is -0.547. The first-order chi connectivity index (χ1) is 13.9. The van der Waals surface area contributed by atoms with Crippen molar-refractivity contribution in [3.05, 3.63) is 53.6 Å². The van der Waals surface area contributed by atoms with Crippen molar-refractivity contribution >= 4 is 34.8 Å². The van der Waals surface area contributed by atoms with Crippen molar-refractivity contribution in [1.29, 1.82) is 0 Å². The quantitative estimate of drug-likeness (QED) is 0.569. The number of nitrogens with one attached hydrogen (secondary N) is 2. The number of carbonyl (C=O) groups excluding carboxylic acids is 3. The molecule has 8 nitrogen and oxygen atoms in total. The van der Waals surface area contributed by atoms with Crippen molar-refractivity contribution < 1.29 is 14.4 Å². The molecule has 8 heteroatoms. The number of benzene rings is 2. The average molecular weight is 395 g/mol. The Morgan fingerprint density at radius 3 is 2.21 bits per heavy atom. The zero-order valence-electron chi connectivity index (χ0n) is 16.1. The van der Waals surface area contributed by atoms with Gasteiger partial charge < -0.3 is 27.0 Å². The fourth-order valence-electron chi connectivity index (χ4n) is 3.34. The lowest BCUT2D eigenvalue weighted by Gasteiger charge is -2.29. The Morgan fingerprint density at radius 2 is 1.59 bits per heavy atom. The molecular weight excluding hydrogens is 370 g/mol. The Balaban J connectivity index is 1.63. The van der Waals surface area contributed by atoms with Gasteiger partial charge in [-0.15, -0.1) is 0 Å². The number of primary amides is 2. The number of carbonyl (C=O) groups is 3. The largest absolute Gasteiger partial charge is 0.375 e. The number of nitrogens with zero attached hydrogens (tertiary/aromatic N) is 1. The first-order valence-electron chi connectivity index (χ1n) is 9.56. The lowest BCUT2D eigenvalue weighted by Crippen LogP contribution is -2.30. The summed E-state index contributed by atoms with van der Waals surface area (Å²) in [5, 5.41) is 5.68. The van der Waals surface area contributed by atoms with Gasteiger partial charge in [-0.05, 0) is 61.7 Å². The second kappa shape index (κ2) is 9.09. The molecule has 29 heavy (non-hydrogen) atoms. The molecule has 0 unspecified atom stereocenters. The molecule has 1 aliphatic rings. The van der Waals surface area contributed by atoms with Crippen LogP contribution in [-0.2, 0) is 4.79 Å². The third kappa shape index (κ3) is 5.25. The molecule has 0 radical (unpaired) electrons. The summed E-state index contributed by atoms with van der Waals surface area (Å²) in [7, 11) is 0. The number of rotatable bonds is 7. The first-order valence-corrected chi connectivity index (χ1v) is 9.56. The van der Waals surface area contributed by atoms with Crippen molar-refractivity contribution in [3.63, 3.8) is 0 Å². The molecule has 0 bridgehead atoms. The van der Waals surface area contributed by atoms with Gasteiger partial charge in [0.05, 0.1) is 12.1 Å². The van der Waals surface area contributed by atoms with Gasteiger partial charge in [0.15, 0.2) is 0 Å². The Bertz CT molecular complexity index is 905. The normalized spacial score (nSPS) is 13.6. The van der Waals surface area contributed by atoms with E-state index in [1.807, 2.05) is 6.07 Å². The molecule has 1 aliphatic heterocycles. The number of piperidine rings is 1. The van der Waals surface area contributed by atoms with E-state index in [1.54, 1.807) is 24.3 Å². The van der Waals surface area contributed by atoms with Crippen LogP contribution in [0.2, 0.25) is 0 Å². The average Bonchev–Trinajstić information content (AvgIpc) is 2.73. The maximum Gasteiger partial charge on any atom is 0.250 e. The van der Waals surface area contributed by atoms with Crippen molar-refractivity contribution in [2.45, 2.75) is 19.3 Å². The van der Waals surface area contributed by atoms with E-state index in [0.717, 1.165) is 31.6 Å². The van der Waals surface area contributed by atoms with Gasteiger partial charge in [-0.2, -0.15) is 0 Å². The van der Waals surface area contributed by atoms with Crippen LogP contribution < -0.4 is 27.0 Å². The molecule has 0 aromatic heterocycles. The molecule has 1 saturated heterocycles. The molecule has 0 saturated carbocycles. The minimum Gasteiger partial charge on any atom is -0.375 e. The fourth-order valence-corrected chi connectivity index (χ4v) is 3.34. The van der Waals surface area contributed by atoms with Crippen LogP contribution in [-0.4, -0.2) is 37.4 Å². The molecule has 3 rings (SSSR count). The van der Waals surface area contributed by atoms with Crippen molar-refractivity contribution in [2.24, 2.45) is 11.5 Å². The van der Waals surface area contributed by atoms with Crippen LogP contribution in [0.4, 0.5) is 17.1 Å². The second-order valence-electron chi connectivity index (χ2n) is 6.99. The molecule has 2 aromatic carbocycles. The van der Waals surface area contributed by atoms with E-state index < -0.39 is 11.8 Å². The third-order valence-corrected chi connectivity index (χ3v) is 4.88. The van der Waals surface area contributed by atoms with Crippen LogP contribution in [0.1, 0.15) is 40.0 Å². The lowest BCUT2D eigenvalue weighted by atomic mass is 10.1. The van der Waals surface area contributed by atoms with Gasteiger partial charge in [0.2, 0.25) is 11.8 Å². The van der Waals surface area contributed by atoms with Gasteiger partial charge in [0, 0.05) is 35.7 Å². The summed E-state index contributed by atoms with van der Waals surface area (Å²) < 4.78 is 0. The predicted octanol–water partition coefficient (Wildman–Crippen LogP) is 1.93. The summed E-state index contributed by atoms with van der Waals surface area (Å²) in [6.07, 6.45) is 3.48. The molecule has 1 fully saturated rings. The Kier molecular flexibility index (Phi) is 6.33. The zero-order valence-corrected chi connectivity index (χ0v) is 16.1. The van der Waals surface area contributed by atoms with Gasteiger partial charge in [-0.3, -0.25) is 14.4 Å². The Morgan fingerprint density at radius 1 is 0.897 bits per heavy atom. The monoisotopic (exact) mass is 395 g/mol. The topological polar surface area (TPSA) is 131 Å². The number of hydrogen-bond donors (Lipinski definition) is 4. The van der Waals surface area contributed by atoms with E-state index in [9.17, 15) is 14.4 Å². The van der Waals surface area contributed by atoms with Crippen LogP contribution in [0.25, 0.3) is 0 Å².